The number of fused-ring (bicyclic) bond motifs is 1. The van der Waals surface area contributed by atoms with Gasteiger partial charge in [-0.1, -0.05) is 35.1 Å². The number of aromatic hydroxyl groups is 1. The first-order valence-corrected chi connectivity index (χ1v) is 17.0. The SMILES string of the molecule is Cc1ccc(O)c(C(=O)/C=C/c2ccc(OCCCCc3cn(CCOCCOc4ccc(-c5cc(=O)c6cc(F)ccc6o5)cc4)nn3)cc2)c1. The zero-order valence-corrected chi connectivity index (χ0v) is 28.7. The average Bonchev–Trinajstić information content (AvgIpc) is 3.61. The van der Waals surface area contributed by atoms with E-state index in [1.54, 1.807) is 47.2 Å². The maximum Gasteiger partial charge on any atom is 0.193 e. The second-order valence-corrected chi connectivity index (χ2v) is 12.2. The fraction of sp³-hybridized carbons (Fsp3) is 0.220. The Kier molecular flexibility index (Phi) is 11.8. The van der Waals surface area contributed by atoms with Gasteiger partial charge in [-0.15, -0.1) is 5.10 Å². The minimum atomic E-state index is -0.484. The normalized spacial score (nSPS) is 11.3. The average molecular weight is 704 g/mol. The maximum atomic E-state index is 13.5. The number of phenols is 1. The number of aryl methyl sites for hydroxylation is 2. The molecule has 0 fully saturated rings. The van der Waals surface area contributed by atoms with Gasteiger partial charge >= 0.3 is 0 Å². The van der Waals surface area contributed by atoms with Crippen LogP contribution >= 0.6 is 0 Å². The van der Waals surface area contributed by atoms with Crippen LogP contribution in [0.5, 0.6) is 17.2 Å². The number of ether oxygens (including phenoxy) is 3. The number of phenolic OH excluding ortho intramolecular Hbond substituents is 1. The highest BCUT2D eigenvalue weighted by molar-refractivity contribution is 6.08. The summed E-state index contributed by atoms with van der Waals surface area (Å²) in [7, 11) is 0. The van der Waals surface area contributed by atoms with Crippen LogP contribution in [0.1, 0.15) is 40.0 Å². The highest BCUT2D eigenvalue weighted by Crippen LogP contribution is 2.25. The Labute approximate surface area is 299 Å². The predicted molar refractivity (Wildman–Crippen MR) is 195 cm³/mol. The molecule has 10 nitrogen and oxygen atoms in total. The van der Waals surface area contributed by atoms with Crippen LogP contribution in [0.25, 0.3) is 28.4 Å². The lowest BCUT2D eigenvalue weighted by Crippen LogP contribution is -2.11. The number of benzene rings is 4. The highest BCUT2D eigenvalue weighted by Gasteiger charge is 2.10. The molecule has 0 spiro atoms. The van der Waals surface area contributed by atoms with Gasteiger partial charge in [0.05, 0.1) is 43.0 Å². The lowest BCUT2D eigenvalue weighted by molar-refractivity contribution is 0.0923. The highest BCUT2D eigenvalue weighted by atomic mass is 19.1. The molecule has 2 aromatic heterocycles. The van der Waals surface area contributed by atoms with Crippen molar-refractivity contribution in [1.82, 2.24) is 15.0 Å². The molecule has 0 aliphatic heterocycles. The molecule has 2 heterocycles. The topological polar surface area (TPSA) is 126 Å². The van der Waals surface area contributed by atoms with Gasteiger partial charge in [-0.2, -0.15) is 0 Å². The van der Waals surface area contributed by atoms with Gasteiger partial charge in [-0.25, -0.2) is 9.07 Å². The van der Waals surface area contributed by atoms with Crippen molar-refractivity contribution in [3.05, 3.63) is 142 Å². The van der Waals surface area contributed by atoms with Crippen LogP contribution in [0.2, 0.25) is 0 Å². The van der Waals surface area contributed by atoms with Gasteiger partial charge in [0.2, 0.25) is 0 Å². The Morgan fingerprint density at radius 3 is 2.46 bits per heavy atom. The van der Waals surface area contributed by atoms with E-state index in [0.717, 1.165) is 41.8 Å². The molecule has 11 heteroatoms. The quantitative estimate of drug-likeness (QED) is 0.0581. The number of nitrogens with zero attached hydrogens (tertiary/aromatic N) is 3. The summed E-state index contributed by atoms with van der Waals surface area (Å²) in [5.74, 6) is 1.04. The van der Waals surface area contributed by atoms with Crippen molar-refractivity contribution in [2.45, 2.75) is 32.7 Å². The molecular weight excluding hydrogens is 665 g/mol. The number of unbranched alkanes of at least 4 members (excludes halogenated alkanes) is 1. The smallest absolute Gasteiger partial charge is 0.193 e. The van der Waals surface area contributed by atoms with E-state index in [-0.39, 0.29) is 27.9 Å². The Morgan fingerprint density at radius 2 is 1.65 bits per heavy atom. The van der Waals surface area contributed by atoms with Gasteiger partial charge in [0.1, 0.15) is 41.0 Å². The fourth-order valence-corrected chi connectivity index (χ4v) is 5.41. The van der Waals surface area contributed by atoms with Crippen molar-refractivity contribution in [3.63, 3.8) is 0 Å². The van der Waals surface area contributed by atoms with Crippen molar-refractivity contribution in [2.24, 2.45) is 0 Å². The molecule has 0 radical (unpaired) electrons. The van der Waals surface area contributed by atoms with E-state index in [9.17, 15) is 19.1 Å². The van der Waals surface area contributed by atoms with Crippen LogP contribution in [-0.4, -0.2) is 52.3 Å². The molecule has 6 rings (SSSR count). The third-order valence-electron chi connectivity index (χ3n) is 8.20. The lowest BCUT2D eigenvalue weighted by Gasteiger charge is -2.08. The van der Waals surface area contributed by atoms with Crippen molar-refractivity contribution < 1.29 is 32.9 Å². The summed E-state index contributed by atoms with van der Waals surface area (Å²) in [6, 6.07) is 24.9. The van der Waals surface area contributed by atoms with Crippen LogP contribution in [0.15, 0.2) is 112 Å². The Morgan fingerprint density at radius 1 is 0.885 bits per heavy atom. The first-order chi connectivity index (χ1) is 25.3. The van der Waals surface area contributed by atoms with Crippen LogP contribution in [0.3, 0.4) is 0 Å². The molecule has 0 atom stereocenters. The van der Waals surface area contributed by atoms with E-state index in [1.165, 1.54) is 36.4 Å². The van der Waals surface area contributed by atoms with Crippen LogP contribution in [-0.2, 0) is 17.7 Å². The summed E-state index contributed by atoms with van der Waals surface area (Å²) >= 11 is 0. The van der Waals surface area contributed by atoms with Crippen molar-refractivity contribution in [1.29, 1.82) is 0 Å². The van der Waals surface area contributed by atoms with Crippen molar-refractivity contribution >= 4 is 22.8 Å². The molecule has 0 amide bonds. The number of carbonyl (C=O) groups excluding carboxylic acids is 1. The molecular formula is C41H38FN3O7. The molecule has 0 unspecified atom stereocenters. The summed E-state index contributed by atoms with van der Waals surface area (Å²) in [5.41, 5.74) is 3.69. The number of aromatic nitrogens is 3. The number of hydrogen-bond donors (Lipinski definition) is 1. The second kappa shape index (κ2) is 17.2. The number of ketones is 1. The first-order valence-electron chi connectivity index (χ1n) is 17.0. The molecule has 266 valence electrons. The summed E-state index contributed by atoms with van der Waals surface area (Å²) in [6.07, 6.45) is 7.65. The number of allylic oxidation sites excluding steroid dienone is 1. The number of rotatable bonds is 17. The van der Waals surface area contributed by atoms with Gasteiger partial charge < -0.3 is 23.7 Å². The lowest BCUT2D eigenvalue weighted by atomic mass is 10.1. The van der Waals surface area contributed by atoms with Gasteiger partial charge in [-0.05, 0) is 105 Å². The molecule has 1 N–H and O–H groups in total. The number of halogens is 1. The van der Waals surface area contributed by atoms with E-state index < -0.39 is 5.82 Å². The molecule has 52 heavy (non-hydrogen) atoms. The standard InChI is InChI=1S/C41H38FN3O7/c1-28-5-16-37(46)35(24-28)38(47)17-8-29-6-12-33(13-7-29)50-20-3-2-4-32-27-45(44-43-32)19-21-49-22-23-51-34-14-9-30(10-15-34)41-26-39(48)36-25-31(42)11-18-40(36)52-41/h5-18,24-27,46H,2-4,19-23H2,1H3/b17-8+. The summed E-state index contributed by atoms with van der Waals surface area (Å²) in [6.45, 7) is 4.24. The Hall–Kier alpha value is -6.07. The molecule has 0 aliphatic carbocycles. The number of hydrogen-bond acceptors (Lipinski definition) is 9. The van der Waals surface area contributed by atoms with E-state index in [1.807, 2.05) is 37.4 Å². The zero-order valence-electron chi connectivity index (χ0n) is 28.7. The summed E-state index contributed by atoms with van der Waals surface area (Å²) in [5, 5.41) is 18.6. The third kappa shape index (κ3) is 9.79. The van der Waals surface area contributed by atoms with E-state index in [4.69, 9.17) is 18.6 Å². The van der Waals surface area contributed by atoms with Crippen molar-refractivity contribution in [2.75, 3.05) is 26.4 Å². The maximum absolute atomic E-state index is 13.5. The van der Waals surface area contributed by atoms with E-state index in [0.29, 0.717) is 55.6 Å². The molecule has 0 saturated carbocycles. The van der Waals surface area contributed by atoms with Crippen LogP contribution < -0.4 is 14.9 Å². The Balaban J connectivity index is 0.830. The third-order valence-corrected chi connectivity index (χ3v) is 8.20. The van der Waals surface area contributed by atoms with Gasteiger partial charge in [0.25, 0.3) is 0 Å². The minimum Gasteiger partial charge on any atom is -0.507 e. The van der Waals surface area contributed by atoms with Gasteiger partial charge in [0.15, 0.2) is 11.2 Å². The largest absolute Gasteiger partial charge is 0.507 e. The van der Waals surface area contributed by atoms with E-state index in [2.05, 4.69) is 10.3 Å². The van der Waals surface area contributed by atoms with Crippen molar-refractivity contribution in [3.8, 4) is 28.6 Å². The summed E-state index contributed by atoms with van der Waals surface area (Å²) < 4.78 is 38.4. The van der Waals surface area contributed by atoms with Gasteiger partial charge in [-0.3, -0.25) is 9.59 Å². The number of carbonyl (C=O) groups is 1. The first kappa shape index (κ1) is 35.7. The minimum absolute atomic E-state index is 0.0282. The second-order valence-electron chi connectivity index (χ2n) is 12.2. The van der Waals surface area contributed by atoms with E-state index >= 15 is 0 Å². The monoisotopic (exact) mass is 703 g/mol. The fourth-order valence-electron chi connectivity index (χ4n) is 5.41. The van der Waals surface area contributed by atoms with Crippen LogP contribution in [0.4, 0.5) is 4.39 Å². The molecule has 4 aromatic carbocycles. The summed E-state index contributed by atoms with van der Waals surface area (Å²) in [4.78, 5) is 24.8. The Bertz CT molecular complexity index is 2210. The molecule has 0 aliphatic rings. The van der Waals surface area contributed by atoms with Gasteiger partial charge in [0, 0.05) is 17.8 Å². The molecule has 0 bridgehead atoms. The van der Waals surface area contributed by atoms with Crippen LogP contribution in [0, 0.1) is 12.7 Å². The zero-order chi connectivity index (χ0) is 36.3. The predicted octanol–water partition coefficient (Wildman–Crippen LogP) is 7.60. The molecule has 6 aromatic rings. The molecule has 0 saturated heterocycles.